The fourth-order valence-corrected chi connectivity index (χ4v) is 2.35. The number of nitrogens with one attached hydrogen (secondary N) is 1. The van der Waals surface area contributed by atoms with Crippen LogP contribution in [0.3, 0.4) is 0 Å². The van der Waals surface area contributed by atoms with E-state index < -0.39 is 5.56 Å². The summed E-state index contributed by atoms with van der Waals surface area (Å²) in [6.45, 7) is 3.83. The molecule has 3 N–H and O–H groups in total. The Morgan fingerprint density at radius 3 is 2.35 bits per heavy atom. The predicted octanol–water partition coefficient (Wildman–Crippen LogP) is 2.12. The molecule has 0 aliphatic rings. The smallest absolute Gasteiger partial charge is 0.268 e. The summed E-state index contributed by atoms with van der Waals surface area (Å²) in [4.78, 5) is 14.2. The Labute approximate surface area is 116 Å². The van der Waals surface area contributed by atoms with E-state index in [2.05, 4.69) is 4.98 Å². The number of hydrogen-bond acceptors (Lipinski definition) is 4. The van der Waals surface area contributed by atoms with Crippen molar-refractivity contribution in [1.82, 2.24) is 4.98 Å². The third-order valence-electron chi connectivity index (χ3n) is 3.14. The van der Waals surface area contributed by atoms with Gasteiger partial charge in [0.05, 0.1) is 7.11 Å². The standard InChI is InChI=1S/C15H15N3O2/c1-8-4-10(5-9(2)14(8)20-3)11-6-13(17)18-15(19)12(11)7-16/h4-6H,1-3H3,(H3,17,18,19). The molecule has 0 amide bonds. The summed E-state index contributed by atoms with van der Waals surface area (Å²) in [5, 5.41) is 9.16. The van der Waals surface area contributed by atoms with Crippen LogP contribution >= 0.6 is 0 Å². The molecule has 0 radical (unpaired) electrons. The number of anilines is 1. The first kappa shape index (κ1) is 13.7. The van der Waals surface area contributed by atoms with Crippen LogP contribution in [0.4, 0.5) is 5.82 Å². The second kappa shape index (κ2) is 5.10. The van der Waals surface area contributed by atoms with Gasteiger partial charge in [-0.25, -0.2) is 0 Å². The van der Waals surface area contributed by atoms with Crippen LogP contribution in [0.5, 0.6) is 5.75 Å². The predicted molar refractivity (Wildman–Crippen MR) is 77.7 cm³/mol. The Kier molecular flexibility index (Phi) is 3.49. The molecule has 0 saturated heterocycles. The highest BCUT2D eigenvalue weighted by atomic mass is 16.5. The zero-order valence-electron chi connectivity index (χ0n) is 11.6. The van der Waals surface area contributed by atoms with Crippen molar-refractivity contribution in [2.45, 2.75) is 13.8 Å². The molecule has 0 fully saturated rings. The number of H-pyrrole nitrogens is 1. The third kappa shape index (κ3) is 2.24. The second-order valence-corrected chi connectivity index (χ2v) is 4.60. The number of aryl methyl sites for hydroxylation is 2. The molecule has 5 heteroatoms. The number of nitriles is 1. The molecule has 0 aliphatic heterocycles. The van der Waals surface area contributed by atoms with Gasteiger partial charge in [-0.2, -0.15) is 5.26 Å². The van der Waals surface area contributed by atoms with Gasteiger partial charge in [0.15, 0.2) is 0 Å². The molecule has 0 spiro atoms. The average Bonchev–Trinajstić information content (AvgIpc) is 2.37. The molecule has 5 nitrogen and oxygen atoms in total. The van der Waals surface area contributed by atoms with Gasteiger partial charge in [-0.15, -0.1) is 0 Å². The van der Waals surface area contributed by atoms with Gasteiger partial charge < -0.3 is 15.5 Å². The minimum Gasteiger partial charge on any atom is -0.496 e. The number of pyridine rings is 1. The number of nitrogens with zero attached hydrogens (tertiary/aromatic N) is 1. The van der Waals surface area contributed by atoms with Crippen LogP contribution < -0.4 is 16.0 Å². The number of hydrogen-bond donors (Lipinski definition) is 2. The zero-order valence-corrected chi connectivity index (χ0v) is 11.6. The van der Waals surface area contributed by atoms with E-state index in [1.165, 1.54) is 0 Å². The number of rotatable bonds is 2. The van der Waals surface area contributed by atoms with Gasteiger partial charge in [0.1, 0.15) is 23.2 Å². The van der Waals surface area contributed by atoms with E-state index in [4.69, 9.17) is 15.7 Å². The topological polar surface area (TPSA) is 91.9 Å². The molecule has 0 atom stereocenters. The summed E-state index contributed by atoms with van der Waals surface area (Å²) in [6, 6.07) is 7.28. The van der Waals surface area contributed by atoms with Crippen molar-refractivity contribution in [3.63, 3.8) is 0 Å². The first-order valence-corrected chi connectivity index (χ1v) is 6.06. The van der Waals surface area contributed by atoms with Crippen molar-refractivity contribution in [2.75, 3.05) is 12.8 Å². The fraction of sp³-hybridized carbons (Fsp3) is 0.200. The van der Waals surface area contributed by atoms with Crippen molar-refractivity contribution < 1.29 is 4.74 Å². The maximum Gasteiger partial charge on any atom is 0.268 e. The van der Waals surface area contributed by atoms with E-state index in [-0.39, 0.29) is 11.4 Å². The molecule has 0 unspecified atom stereocenters. The van der Waals surface area contributed by atoms with Gasteiger partial charge in [-0.05, 0) is 48.7 Å². The van der Waals surface area contributed by atoms with Crippen LogP contribution in [-0.2, 0) is 0 Å². The van der Waals surface area contributed by atoms with Gasteiger partial charge in [-0.1, -0.05) is 0 Å². The quantitative estimate of drug-likeness (QED) is 0.873. The van der Waals surface area contributed by atoms with Crippen LogP contribution in [0.25, 0.3) is 11.1 Å². The molecule has 1 aromatic carbocycles. The van der Waals surface area contributed by atoms with E-state index in [0.29, 0.717) is 5.56 Å². The van der Waals surface area contributed by atoms with Crippen molar-refractivity contribution in [3.05, 3.63) is 45.2 Å². The average molecular weight is 269 g/mol. The van der Waals surface area contributed by atoms with Crippen LogP contribution in [-0.4, -0.2) is 12.1 Å². The summed E-state index contributed by atoms with van der Waals surface area (Å²) < 4.78 is 5.31. The summed E-state index contributed by atoms with van der Waals surface area (Å²) in [7, 11) is 1.61. The van der Waals surface area contributed by atoms with Crippen molar-refractivity contribution in [3.8, 4) is 22.9 Å². The molecular formula is C15H15N3O2. The van der Waals surface area contributed by atoms with Crippen molar-refractivity contribution >= 4 is 5.82 Å². The Bertz CT molecular complexity index is 747. The molecule has 2 aromatic rings. The van der Waals surface area contributed by atoms with Crippen LogP contribution in [0.15, 0.2) is 23.0 Å². The molecule has 1 aromatic heterocycles. The van der Waals surface area contributed by atoms with Crippen LogP contribution in [0.2, 0.25) is 0 Å². The molecule has 102 valence electrons. The Balaban J connectivity index is 2.76. The molecular weight excluding hydrogens is 254 g/mol. The molecule has 1 heterocycles. The first-order valence-electron chi connectivity index (χ1n) is 6.06. The number of benzene rings is 1. The number of methoxy groups -OCH3 is 1. The fourth-order valence-electron chi connectivity index (χ4n) is 2.35. The van der Waals surface area contributed by atoms with E-state index in [9.17, 15) is 4.79 Å². The maximum absolute atomic E-state index is 11.8. The van der Waals surface area contributed by atoms with E-state index in [1.54, 1.807) is 13.2 Å². The Morgan fingerprint density at radius 1 is 1.25 bits per heavy atom. The largest absolute Gasteiger partial charge is 0.496 e. The Hall–Kier alpha value is -2.74. The molecule has 2 rings (SSSR count). The lowest BCUT2D eigenvalue weighted by atomic mass is 9.97. The van der Waals surface area contributed by atoms with Crippen LogP contribution in [0, 0.1) is 25.2 Å². The number of nitrogens with two attached hydrogens (primary N) is 1. The van der Waals surface area contributed by atoms with Gasteiger partial charge >= 0.3 is 0 Å². The van der Waals surface area contributed by atoms with Crippen LogP contribution in [0.1, 0.15) is 16.7 Å². The number of nitrogen functional groups attached to an aromatic ring is 1. The van der Waals surface area contributed by atoms with Crippen molar-refractivity contribution in [1.29, 1.82) is 5.26 Å². The highest BCUT2D eigenvalue weighted by Gasteiger charge is 2.13. The maximum atomic E-state index is 11.8. The third-order valence-corrected chi connectivity index (χ3v) is 3.14. The summed E-state index contributed by atoms with van der Waals surface area (Å²) in [5.41, 5.74) is 8.42. The minimum absolute atomic E-state index is 0.0585. The summed E-state index contributed by atoms with van der Waals surface area (Å²) >= 11 is 0. The highest BCUT2D eigenvalue weighted by Crippen LogP contribution is 2.31. The lowest BCUT2D eigenvalue weighted by molar-refractivity contribution is 0.408. The first-order chi connectivity index (χ1) is 9.47. The van der Waals surface area contributed by atoms with E-state index in [1.807, 2.05) is 32.0 Å². The van der Waals surface area contributed by atoms with Crippen molar-refractivity contribution in [2.24, 2.45) is 0 Å². The number of aromatic nitrogens is 1. The number of ether oxygens (including phenoxy) is 1. The Morgan fingerprint density at radius 2 is 1.85 bits per heavy atom. The molecule has 0 aliphatic carbocycles. The van der Waals surface area contributed by atoms with E-state index >= 15 is 0 Å². The monoisotopic (exact) mass is 269 g/mol. The second-order valence-electron chi connectivity index (χ2n) is 4.60. The summed E-state index contributed by atoms with van der Waals surface area (Å²) in [5.74, 6) is 1.03. The van der Waals surface area contributed by atoms with Gasteiger partial charge in [-0.3, -0.25) is 4.79 Å². The summed E-state index contributed by atoms with van der Waals surface area (Å²) in [6.07, 6.45) is 0. The van der Waals surface area contributed by atoms with E-state index in [0.717, 1.165) is 22.4 Å². The SMILES string of the molecule is COc1c(C)cc(-c2cc(N)[nH]c(=O)c2C#N)cc1C. The van der Waals surface area contributed by atoms with Gasteiger partial charge in [0.2, 0.25) is 0 Å². The lowest BCUT2D eigenvalue weighted by Gasteiger charge is -2.12. The number of aromatic amines is 1. The van der Waals surface area contributed by atoms with Gasteiger partial charge in [0, 0.05) is 5.56 Å². The normalized spacial score (nSPS) is 10.1. The zero-order chi connectivity index (χ0) is 14.9. The lowest BCUT2D eigenvalue weighted by Crippen LogP contribution is -2.13. The molecule has 20 heavy (non-hydrogen) atoms. The highest BCUT2D eigenvalue weighted by molar-refractivity contribution is 5.74. The minimum atomic E-state index is -0.478. The molecule has 0 saturated carbocycles. The van der Waals surface area contributed by atoms with Gasteiger partial charge in [0.25, 0.3) is 5.56 Å². The molecule has 0 bridgehead atoms.